The zero-order chi connectivity index (χ0) is 14.4. The highest BCUT2D eigenvalue weighted by Crippen LogP contribution is 2.19. The molecule has 0 amide bonds. The van der Waals surface area contributed by atoms with E-state index < -0.39 is 0 Å². The van der Waals surface area contributed by atoms with Crippen molar-refractivity contribution in [3.05, 3.63) is 53.0 Å². The lowest BCUT2D eigenvalue weighted by Crippen LogP contribution is -2.10. The first-order valence-corrected chi connectivity index (χ1v) is 7.23. The highest BCUT2D eigenvalue weighted by atomic mass is 16.5. The van der Waals surface area contributed by atoms with Gasteiger partial charge in [-0.25, -0.2) is 0 Å². The minimum atomic E-state index is 0.550. The molecule has 0 atom stereocenters. The van der Waals surface area contributed by atoms with Crippen molar-refractivity contribution < 1.29 is 9.15 Å². The smallest absolute Gasteiger partial charge is 0.120 e. The number of aryl methyl sites for hydroxylation is 2. The number of nitrogens with one attached hydrogen (secondary N) is 1. The van der Waals surface area contributed by atoms with Crippen LogP contribution >= 0.6 is 0 Å². The van der Waals surface area contributed by atoms with E-state index in [1.54, 1.807) is 0 Å². The molecule has 0 spiro atoms. The van der Waals surface area contributed by atoms with Crippen molar-refractivity contribution >= 4 is 0 Å². The van der Waals surface area contributed by atoms with Crippen molar-refractivity contribution in [2.45, 2.75) is 40.3 Å². The summed E-state index contributed by atoms with van der Waals surface area (Å²) in [5, 5.41) is 3.26. The summed E-state index contributed by atoms with van der Waals surface area (Å²) in [5.74, 6) is 2.81. The average molecular weight is 273 g/mol. The minimum absolute atomic E-state index is 0.550. The molecule has 0 radical (unpaired) electrons. The molecule has 2 aromatic rings. The Balaban J connectivity index is 1.97. The molecule has 0 fully saturated rings. The van der Waals surface area contributed by atoms with Crippen molar-refractivity contribution in [2.24, 2.45) is 0 Å². The second kappa shape index (κ2) is 7.15. The first-order chi connectivity index (χ1) is 9.72. The maximum atomic E-state index is 5.85. The van der Waals surface area contributed by atoms with Crippen LogP contribution in [0.5, 0.6) is 5.75 Å². The monoisotopic (exact) mass is 273 g/mol. The van der Waals surface area contributed by atoms with Crippen LogP contribution in [0, 0.1) is 6.92 Å². The number of ether oxygens (including phenoxy) is 1. The lowest BCUT2D eigenvalue weighted by atomic mass is 10.2. The van der Waals surface area contributed by atoms with Crippen LogP contribution in [0.4, 0.5) is 0 Å². The summed E-state index contributed by atoms with van der Waals surface area (Å²) in [6.45, 7) is 8.47. The van der Waals surface area contributed by atoms with E-state index in [1.165, 1.54) is 5.56 Å². The number of benzene rings is 1. The van der Waals surface area contributed by atoms with E-state index in [-0.39, 0.29) is 0 Å². The number of hydrogen-bond acceptors (Lipinski definition) is 3. The molecule has 2 rings (SSSR count). The Bertz CT molecular complexity index is 546. The predicted molar refractivity (Wildman–Crippen MR) is 81.0 cm³/mol. The lowest BCUT2D eigenvalue weighted by molar-refractivity contribution is 0.302. The third-order valence-electron chi connectivity index (χ3n) is 3.32. The maximum absolute atomic E-state index is 5.85. The zero-order valence-corrected chi connectivity index (χ0v) is 12.5. The third-order valence-corrected chi connectivity index (χ3v) is 3.32. The van der Waals surface area contributed by atoms with Crippen molar-refractivity contribution in [1.82, 2.24) is 5.32 Å². The molecule has 0 aliphatic carbocycles. The lowest BCUT2D eigenvalue weighted by Gasteiger charge is -2.06. The second-order valence-corrected chi connectivity index (χ2v) is 4.86. The van der Waals surface area contributed by atoms with Crippen LogP contribution < -0.4 is 10.1 Å². The van der Waals surface area contributed by atoms with E-state index in [0.29, 0.717) is 6.61 Å². The standard InChI is InChI=1S/C17H23NO2/c1-4-14-7-6-8-16(9-14)19-12-15-10-17(11-18-5-2)20-13(15)3/h6-10,18H,4-5,11-12H2,1-3H3. The Morgan fingerprint density at radius 2 is 2.05 bits per heavy atom. The van der Waals surface area contributed by atoms with Crippen LogP contribution in [0.15, 0.2) is 34.7 Å². The number of hydrogen-bond donors (Lipinski definition) is 1. The summed E-state index contributed by atoms with van der Waals surface area (Å²) >= 11 is 0. The van der Waals surface area contributed by atoms with Crippen LogP contribution in [0.2, 0.25) is 0 Å². The van der Waals surface area contributed by atoms with Gasteiger partial charge in [-0.05, 0) is 43.7 Å². The van der Waals surface area contributed by atoms with Crippen molar-refractivity contribution in [3.8, 4) is 5.75 Å². The van der Waals surface area contributed by atoms with E-state index in [0.717, 1.165) is 42.3 Å². The number of rotatable bonds is 7. The van der Waals surface area contributed by atoms with E-state index in [4.69, 9.17) is 9.15 Å². The molecule has 0 bridgehead atoms. The molecule has 1 N–H and O–H groups in total. The third kappa shape index (κ3) is 3.87. The Morgan fingerprint density at radius 1 is 1.20 bits per heavy atom. The Hall–Kier alpha value is -1.74. The molecule has 0 saturated heterocycles. The van der Waals surface area contributed by atoms with Gasteiger partial charge in [-0.3, -0.25) is 0 Å². The van der Waals surface area contributed by atoms with E-state index in [1.807, 2.05) is 19.1 Å². The van der Waals surface area contributed by atoms with Crippen LogP contribution in [0.1, 0.15) is 36.5 Å². The molecular weight excluding hydrogens is 250 g/mol. The first kappa shape index (κ1) is 14.7. The second-order valence-electron chi connectivity index (χ2n) is 4.86. The molecule has 3 heteroatoms. The van der Waals surface area contributed by atoms with Crippen LogP contribution in [0.25, 0.3) is 0 Å². The summed E-state index contributed by atoms with van der Waals surface area (Å²) in [5.41, 5.74) is 2.40. The summed E-state index contributed by atoms with van der Waals surface area (Å²) in [7, 11) is 0. The minimum Gasteiger partial charge on any atom is -0.489 e. The topological polar surface area (TPSA) is 34.4 Å². The fourth-order valence-electron chi connectivity index (χ4n) is 2.08. The molecule has 0 aliphatic heterocycles. The molecule has 1 heterocycles. The maximum Gasteiger partial charge on any atom is 0.120 e. The van der Waals surface area contributed by atoms with Crippen LogP contribution in [-0.2, 0) is 19.6 Å². The van der Waals surface area contributed by atoms with Gasteiger partial charge in [0.2, 0.25) is 0 Å². The predicted octanol–water partition coefficient (Wildman–Crippen LogP) is 3.84. The van der Waals surface area contributed by atoms with Gasteiger partial charge in [0.15, 0.2) is 0 Å². The fraction of sp³-hybridized carbons (Fsp3) is 0.412. The quantitative estimate of drug-likeness (QED) is 0.832. The fourth-order valence-corrected chi connectivity index (χ4v) is 2.08. The van der Waals surface area contributed by atoms with E-state index >= 15 is 0 Å². The zero-order valence-electron chi connectivity index (χ0n) is 12.5. The highest BCUT2D eigenvalue weighted by Gasteiger charge is 2.08. The van der Waals surface area contributed by atoms with Gasteiger partial charge in [0.05, 0.1) is 6.54 Å². The van der Waals surface area contributed by atoms with E-state index in [9.17, 15) is 0 Å². The molecule has 3 nitrogen and oxygen atoms in total. The highest BCUT2D eigenvalue weighted by molar-refractivity contribution is 5.29. The molecule has 1 aromatic carbocycles. The van der Waals surface area contributed by atoms with Crippen molar-refractivity contribution in [2.75, 3.05) is 6.54 Å². The summed E-state index contributed by atoms with van der Waals surface area (Å²) in [4.78, 5) is 0. The Labute approximate surface area is 121 Å². The van der Waals surface area contributed by atoms with E-state index in [2.05, 4.69) is 37.4 Å². The summed E-state index contributed by atoms with van der Waals surface area (Å²) < 4.78 is 11.6. The van der Waals surface area contributed by atoms with Crippen LogP contribution in [-0.4, -0.2) is 6.54 Å². The van der Waals surface area contributed by atoms with Gasteiger partial charge in [0.25, 0.3) is 0 Å². The summed E-state index contributed by atoms with van der Waals surface area (Å²) in [6, 6.07) is 10.3. The molecule has 0 aliphatic rings. The Kier molecular flexibility index (Phi) is 5.24. The Morgan fingerprint density at radius 3 is 2.80 bits per heavy atom. The SMILES string of the molecule is CCNCc1cc(COc2cccc(CC)c2)c(C)o1. The van der Waals surface area contributed by atoms with Gasteiger partial charge >= 0.3 is 0 Å². The molecule has 0 unspecified atom stereocenters. The van der Waals surface area contributed by atoms with Crippen molar-refractivity contribution in [3.63, 3.8) is 0 Å². The largest absolute Gasteiger partial charge is 0.489 e. The molecule has 20 heavy (non-hydrogen) atoms. The van der Waals surface area contributed by atoms with Crippen molar-refractivity contribution in [1.29, 1.82) is 0 Å². The van der Waals surface area contributed by atoms with Crippen LogP contribution in [0.3, 0.4) is 0 Å². The average Bonchev–Trinajstić information content (AvgIpc) is 2.83. The van der Waals surface area contributed by atoms with Gasteiger partial charge in [-0.1, -0.05) is 26.0 Å². The van der Waals surface area contributed by atoms with Gasteiger partial charge in [-0.2, -0.15) is 0 Å². The molecule has 108 valence electrons. The summed E-state index contributed by atoms with van der Waals surface area (Å²) in [6.07, 6.45) is 1.02. The normalized spacial score (nSPS) is 10.8. The van der Waals surface area contributed by atoms with Gasteiger partial charge in [0.1, 0.15) is 23.9 Å². The van der Waals surface area contributed by atoms with Gasteiger partial charge in [-0.15, -0.1) is 0 Å². The molecule has 0 saturated carbocycles. The molecule has 1 aromatic heterocycles. The first-order valence-electron chi connectivity index (χ1n) is 7.23. The van der Waals surface area contributed by atoms with Gasteiger partial charge in [0, 0.05) is 5.56 Å². The van der Waals surface area contributed by atoms with Gasteiger partial charge < -0.3 is 14.5 Å². The number of furan rings is 1. The molecular formula is C17H23NO2.